The second-order valence-corrected chi connectivity index (χ2v) is 7.12. The van der Waals surface area contributed by atoms with Crippen LogP contribution in [0.3, 0.4) is 0 Å². The highest BCUT2D eigenvalue weighted by molar-refractivity contribution is 5.94. The van der Waals surface area contributed by atoms with E-state index in [1.165, 1.54) is 27.8 Å². The van der Waals surface area contributed by atoms with Crippen LogP contribution in [0.1, 0.15) is 5.56 Å². The van der Waals surface area contributed by atoms with Crippen LogP contribution in [0.25, 0.3) is 17.0 Å². The number of anilines is 3. The molecule has 0 fully saturated rings. The highest BCUT2D eigenvalue weighted by Gasteiger charge is 2.29. The second-order valence-electron chi connectivity index (χ2n) is 7.12. The van der Waals surface area contributed by atoms with Gasteiger partial charge >= 0.3 is 0 Å². The molecule has 3 nitrogen and oxygen atoms in total. The Morgan fingerprint density at radius 3 is 2.25 bits per heavy atom. The third-order valence-electron chi connectivity index (χ3n) is 5.43. The Morgan fingerprint density at radius 1 is 0.750 bits per heavy atom. The van der Waals surface area contributed by atoms with E-state index in [-0.39, 0.29) is 0 Å². The molecule has 0 atom stereocenters. The van der Waals surface area contributed by atoms with Crippen molar-refractivity contribution < 1.29 is 4.57 Å². The van der Waals surface area contributed by atoms with Gasteiger partial charge in [-0.1, -0.05) is 42.5 Å². The Morgan fingerprint density at radius 2 is 1.43 bits per heavy atom. The zero-order valence-electron chi connectivity index (χ0n) is 16.1. The van der Waals surface area contributed by atoms with E-state index in [0.717, 1.165) is 11.5 Å². The Hall–Kier alpha value is -3.59. The lowest BCUT2D eigenvalue weighted by molar-refractivity contribution is -0.644. The maximum Gasteiger partial charge on any atom is 0.212 e. The van der Waals surface area contributed by atoms with E-state index in [1.807, 2.05) is 0 Å². The first-order chi connectivity index (χ1) is 13.7. The lowest BCUT2D eigenvalue weighted by Gasteiger charge is -2.23. The summed E-state index contributed by atoms with van der Waals surface area (Å²) in [7, 11) is 4.23. The van der Waals surface area contributed by atoms with Crippen molar-refractivity contribution in [2.75, 3.05) is 16.8 Å². The number of para-hydroxylation sites is 4. The summed E-state index contributed by atoms with van der Waals surface area (Å²) < 4.78 is 2.17. The Labute approximate surface area is 165 Å². The molecule has 136 valence electrons. The smallest absolute Gasteiger partial charge is 0.212 e. The van der Waals surface area contributed by atoms with E-state index in [1.54, 1.807) is 0 Å². The molecule has 1 aromatic heterocycles. The molecule has 5 rings (SSSR count). The molecule has 3 heteroatoms. The van der Waals surface area contributed by atoms with Gasteiger partial charge in [-0.3, -0.25) is 4.90 Å². The van der Waals surface area contributed by atoms with Crippen molar-refractivity contribution in [1.82, 2.24) is 0 Å². The minimum Gasteiger partial charge on any atom is -0.329 e. The molecule has 28 heavy (non-hydrogen) atoms. The normalized spacial score (nSPS) is 14.7. The van der Waals surface area contributed by atoms with Gasteiger partial charge in [0.2, 0.25) is 5.52 Å². The molecule has 0 bridgehead atoms. The highest BCUT2D eigenvalue weighted by Crippen LogP contribution is 2.45. The van der Waals surface area contributed by atoms with Crippen molar-refractivity contribution in [2.45, 2.75) is 0 Å². The Kier molecular flexibility index (Phi) is 3.87. The largest absolute Gasteiger partial charge is 0.329 e. The van der Waals surface area contributed by atoms with E-state index in [2.05, 4.69) is 126 Å². The Balaban J connectivity index is 1.74. The van der Waals surface area contributed by atoms with Gasteiger partial charge in [0.1, 0.15) is 12.9 Å². The standard InChI is InChI=1S/C25H22N3/c1-26-17-16-19(21-12-6-7-13-22(21)26)18-25-27(2)23-14-8-9-15-24(23)28(25)20-10-4-3-5-11-20/h3-18H,1-2H3/q+1. The molecule has 0 saturated heterocycles. The van der Waals surface area contributed by atoms with E-state index in [0.29, 0.717) is 0 Å². The summed E-state index contributed by atoms with van der Waals surface area (Å²) in [4.78, 5) is 4.60. The van der Waals surface area contributed by atoms with Crippen molar-refractivity contribution >= 4 is 34.0 Å². The number of benzene rings is 3. The lowest BCUT2D eigenvalue weighted by atomic mass is 10.1. The van der Waals surface area contributed by atoms with Crippen LogP contribution >= 0.6 is 0 Å². The molecule has 1 aliphatic rings. The topological polar surface area (TPSA) is 10.4 Å². The van der Waals surface area contributed by atoms with Gasteiger partial charge in [-0.25, -0.2) is 4.57 Å². The number of hydrogen-bond acceptors (Lipinski definition) is 2. The van der Waals surface area contributed by atoms with Crippen molar-refractivity contribution in [3.8, 4) is 0 Å². The van der Waals surface area contributed by atoms with Crippen LogP contribution in [-0.4, -0.2) is 7.05 Å². The average molecular weight is 364 g/mol. The summed E-state index contributed by atoms with van der Waals surface area (Å²) in [5, 5.41) is 1.25. The molecule has 0 aliphatic carbocycles. The van der Waals surface area contributed by atoms with Gasteiger partial charge in [0.05, 0.1) is 16.8 Å². The predicted molar refractivity (Wildman–Crippen MR) is 117 cm³/mol. The van der Waals surface area contributed by atoms with E-state index < -0.39 is 0 Å². The molecule has 2 heterocycles. The lowest BCUT2D eigenvalue weighted by Crippen LogP contribution is -2.28. The van der Waals surface area contributed by atoms with Gasteiger partial charge in [0.15, 0.2) is 6.20 Å². The maximum absolute atomic E-state index is 2.33. The number of aryl methyl sites for hydroxylation is 1. The van der Waals surface area contributed by atoms with Crippen molar-refractivity contribution in [2.24, 2.45) is 7.05 Å². The highest BCUT2D eigenvalue weighted by atomic mass is 15.4. The summed E-state index contributed by atoms with van der Waals surface area (Å²) in [5.74, 6) is 1.14. The molecular weight excluding hydrogens is 342 g/mol. The number of fused-ring (bicyclic) bond motifs is 2. The molecule has 0 saturated carbocycles. The van der Waals surface area contributed by atoms with Crippen molar-refractivity contribution in [3.63, 3.8) is 0 Å². The first-order valence-corrected chi connectivity index (χ1v) is 9.51. The van der Waals surface area contributed by atoms with Crippen LogP contribution in [0.5, 0.6) is 0 Å². The number of rotatable bonds is 2. The third kappa shape index (κ3) is 2.55. The fourth-order valence-corrected chi connectivity index (χ4v) is 4.00. The third-order valence-corrected chi connectivity index (χ3v) is 5.43. The van der Waals surface area contributed by atoms with Crippen molar-refractivity contribution in [1.29, 1.82) is 0 Å². The predicted octanol–water partition coefficient (Wildman–Crippen LogP) is 5.25. The van der Waals surface area contributed by atoms with E-state index in [9.17, 15) is 0 Å². The van der Waals surface area contributed by atoms with Gasteiger partial charge in [-0.15, -0.1) is 0 Å². The number of aromatic nitrogens is 1. The van der Waals surface area contributed by atoms with Crippen LogP contribution < -0.4 is 14.4 Å². The number of hydrogen-bond donors (Lipinski definition) is 0. The summed E-state index contributed by atoms with van der Waals surface area (Å²) in [6.07, 6.45) is 4.42. The molecule has 0 radical (unpaired) electrons. The van der Waals surface area contributed by atoms with Crippen LogP contribution in [0, 0.1) is 0 Å². The quantitative estimate of drug-likeness (QED) is 0.450. The van der Waals surface area contributed by atoms with E-state index in [4.69, 9.17) is 0 Å². The number of pyridine rings is 1. The van der Waals surface area contributed by atoms with Crippen LogP contribution in [0.2, 0.25) is 0 Å². The molecule has 0 amide bonds. The van der Waals surface area contributed by atoms with Crippen LogP contribution in [-0.2, 0) is 7.05 Å². The molecular formula is C25H22N3+. The van der Waals surface area contributed by atoms with Gasteiger partial charge in [-0.05, 0) is 42.0 Å². The zero-order chi connectivity index (χ0) is 19.1. The summed E-state index contributed by atoms with van der Waals surface area (Å²) in [6, 6.07) is 29.9. The van der Waals surface area contributed by atoms with Gasteiger partial charge in [0, 0.05) is 24.9 Å². The average Bonchev–Trinajstić information content (AvgIpc) is 3.03. The number of nitrogens with zero attached hydrogens (tertiary/aromatic N) is 3. The second kappa shape index (κ2) is 6.54. The fraction of sp³-hybridized carbons (Fsp3) is 0.0800. The Bertz CT molecular complexity index is 1190. The zero-order valence-corrected chi connectivity index (χ0v) is 16.1. The van der Waals surface area contributed by atoms with Crippen LogP contribution in [0.4, 0.5) is 17.1 Å². The summed E-state index contributed by atoms with van der Waals surface area (Å²) in [5.41, 5.74) is 6.01. The molecule has 0 spiro atoms. The SMILES string of the molecule is CN1/C(=C\c2cc[n+](C)c3ccccc23)N(c2ccccc2)c2ccccc21. The fourth-order valence-electron chi connectivity index (χ4n) is 4.00. The minimum absolute atomic E-state index is 1.14. The monoisotopic (exact) mass is 364 g/mol. The minimum atomic E-state index is 1.14. The van der Waals surface area contributed by atoms with Crippen LogP contribution in [0.15, 0.2) is 96.9 Å². The molecule has 0 N–H and O–H groups in total. The first kappa shape index (κ1) is 16.6. The first-order valence-electron chi connectivity index (χ1n) is 9.51. The molecule has 1 aliphatic heterocycles. The van der Waals surface area contributed by atoms with Gasteiger partial charge < -0.3 is 4.90 Å². The van der Waals surface area contributed by atoms with Gasteiger partial charge in [-0.2, -0.15) is 0 Å². The summed E-state index contributed by atoms with van der Waals surface area (Å²) in [6.45, 7) is 0. The molecule has 0 unspecified atom stereocenters. The maximum atomic E-state index is 2.33. The van der Waals surface area contributed by atoms with Gasteiger partial charge in [0.25, 0.3) is 0 Å². The van der Waals surface area contributed by atoms with E-state index >= 15 is 0 Å². The molecule has 4 aromatic rings. The van der Waals surface area contributed by atoms with Crippen molar-refractivity contribution in [3.05, 3.63) is 103 Å². The molecule has 3 aromatic carbocycles. The summed E-state index contributed by atoms with van der Waals surface area (Å²) >= 11 is 0.